The highest BCUT2D eigenvalue weighted by Gasteiger charge is 2.51. The molecule has 11 nitrogen and oxygen atoms in total. The number of hydrogen-bond donors (Lipinski definition) is 3. The minimum Gasteiger partial charge on any atom is -0.459 e. The van der Waals surface area contributed by atoms with E-state index in [1.807, 2.05) is 6.92 Å². The molecule has 0 radical (unpaired) electrons. The van der Waals surface area contributed by atoms with Gasteiger partial charge < -0.3 is 34.9 Å². The van der Waals surface area contributed by atoms with Crippen molar-refractivity contribution in [2.75, 3.05) is 25.0 Å². The number of halogens is 1. The number of rotatable bonds is 14. The molecule has 3 aliphatic heterocycles. The Labute approximate surface area is 269 Å². The van der Waals surface area contributed by atoms with E-state index >= 15 is 0 Å². The first-order chi connectivity index (χ1) is 20.9. The summed E-state index contributed by atoms with van der Waals surface area (Å²) in [4.78, 5) is 46.9. The zero-order chi connectivity index (χ0) is 32.3. The second-order valence-corrected chi connectivity index (χ2v) is 12.7. The zero-order valence-corrected chi connectivity index (χ0v) is 28.0. The summed E-state index contributed by atoms with van der Waals surface area (Å²) in [7, 11) is 0. The van der Waals surface area contributed by atoms with E-state index in [0.717, 1.165) is 31.3 Å². The maximum Gasteiger partial charge on any atom is 0.303 e. The number of carbonyl (C=O) groups excluding carboxylic acids is 4. The maximum absolute atomic E-state index is 12.4. The number of alkyl halides is 1. The van der Waals surface area contributed by atoms with Crippen LogP contribution in [0.15, 0.2) is 36.0 Å². The predicted molar refractivity (Wildman–Crippen MR) is 169 cm³/mol. The molecule has 246 valence electrons. The highest BCUT2D eigenvalue weighted by molar-refractivity contribution is 9.09. The number of esters is 1. The molecule has 0 aromatic carbocycles. The van der Waals surface area contributed by atoms with Crippen molar-refractivity contribution in [3.05, 3.63) is 36.0 Å². The Morgan fingerprint density at radius 3 is 2.50 bits per heavy atom. The molecule has 0 aliphatic carbocycles. The zero-order valence-electron chi connectivity index (χ0n) is 26.4. The molecule has 3 N–H and O–H groups in total. The minimum absolute atomic E-state index is 0.0379. The van der Waals surface area contributed by atoms with Crippen LogP contribution < -0.4 is 16.0 Å². The number of carbonyl (C=O) groups is 4. The SMILES string of the molecule is CC(=O)O[C@@H](C)/C=C\C(=O)N[C@@H]1C[C@H](C)[C@H](C/C=C(C)/C=C/[C@@H]2C[C@]3(CO3)C[C@@H](CNC(=O)CCNC(=O)CBr)O2)O[C@@H]1C. The second kappa shape index (κ2) is 17.2. The average Bonchev–Trinajstić information content (AvgIpc) is 3.71. The van der Waals surface area contributed by atoms with E-state index < -0.39 is 12.1 Å². The van der Waals surface area contributed by atoms with E-state index in [9.17, 15) is 19.2 Å². The van der Waals surface area contributed by atoms with Gasteiger partial charge in [-0.3, -0.25) is 19.2 Å². The van der Waals surface area contributed by atoms with E-state index in [4.69, 9.17) is 18.9 Å². The molecule has 3 heterocycles. The van der Waals surface area contributed by atoms with E-state index in [-0.39, 0.29) is 71.4 Å². The van der Waals surface area contributed by atoms with Crippen molar-refractivity contribution in [3.63, 3.8) is 0 Å². The molecule has 44 heavy (non-hydrogen) atoms. The molecular weight excluding hydrogens is 634 g/mol. The molecule has 8 atom stereocenters. The minimum atomic E-state index is -0.468. The third kappa shape index (κ3) is 12.5. The highest BCUT2D eigenvalue weighted by atomic mass is 79.9. The van der Waals surface area contributed by atoms with Crippen LogP contribution in [-0.2, 0) is 38.1 Å². The Hall–Kier alpha value is -2.54. The first kappa shape index (κ1) is 35.9. The molecule has 0 bridgehead atoms. The van der Waals surface area contributed by atoms with Gasteiger partial charge in [0.2, 0.25) is 17.7 Å². The quantitative estimate of drug-likeness (QED) is 0.0835. The van der Waals surface area contributed by atoms with Gasteiger partial charge in [0, 0.05) is 45.4 Å². The topological polar surface area (TPSA) is 145 Å². The monoisotopic (exact) mass is 681 g/mol. The molecule has 1 spiro atoms. The van der Waals surface area contributed by atoms with Crippen LogP contribution in [0.1, 0.15) is 66.7 Å². The number of allylic oxidation sites excluding steroid dienone is 2. The van der Waals surface area contributed by atoms with Gasteiger partial charge in [0.15, 0.2) is 0 Å². The summed E-state index contributed by atoms with van der Waals surface area (Å²) in [6.07, 6.45) is 11.7. The lowest BCUT2D eigenvalue weighted by Gasteiger charge is -2.39. The van der Waals surface area contributed by atoms with Crippen molar-refractivity contribution in [2.45, 2.75) is 109 Å². The summed E-state index contributed by atoms with van der Waals surface area (Å²) < 4.78 is 23.4. The van der Waals surface area contributed by atoms with Crippen molar-refractivity contribution in [1.29, 1.82) is 0 Å². The number of epoxide rings is 1. The van der Waals surface area contributed by atoms with Gasteiger partial charge in [-0.05, 0) is 45.6 Å². The molecule has 3 amide bonds. The third-order valence-corrected chi connectivity index (χ3v) is 8.58. The molecule has 0 saturated carbocycles. The van der Waals surface area contributed by atoms with Crippen molar-refractivity contribution in [1.82, 2.24) is 16.0 Å². The van der Waals surface area contributed by atoms with E-state index in [1.165, 1.54) is 13.0 Å². The smallest absolute Gasteiger partial charge is 0.303 e. The van der Waals surface area contributed by atoms with Crippen LogP contribution in [0.25, 0.3) is 0 Å². The van der Waals surface area contributed by atoms with E-state index in [2.05, 4.69) is 64.0 Å². The summed E-state index contributed by atoms with van der Waals surface area (Å²) in [5, 5.41) is 8.81. The van der Waals surface area contributed by atoms with Crippen LogP contribution in [0, 0.1) is 5.92 Å². The summed E-state index contributed by atoms with van der Waals surface area (Å²) in [5.41, 5.74) is 0.930. The predicted octanol–water partition coefficient (Wildman–Crippen LogP) is 3.02. The number of nitrogens with one attached hydrogen (secondary N) is 3. The van der Waals surface area contributed by atoms with Crippen LogP contribution in [0.2, 0.25) is 0 Å². The Balaban J connectivity index is 1.43. The summed E-state index contributed by atoms with van der Waals surface area (Å²) >= 11 is 3.08. The average molecular weight is 683 g/mol. The molecule has 12 heteroatoms. The Kier molecular flexibility index (Phi) is 14.1. The fourth-order valence-corrected chi connectivity index (χ4v) is 5.75. The van der Waals surface area contributed by atoms with Crippen molar-refractivity contribution in [2.24, 2.45) is 5.92 Å². The van der Waals surface area contributed by atoms with Crippen molar-refractivity contribution in [3.8, 4) is 0 Å². The van der Waals surface area contributed by atoms with Gasteiger partial charge in [-0.15, -0.1) is 0 Å². The van der Waals surface area contributed by atoms with Crippen molar-refractivity contribution < 1.29 is 38.1 Å². The third-order valence-electron chi connectivity index (χ3n) is 8.08. The fraction of sp³-hybridized carbons (Fsp3) is 0.688. The van der Waals surface area contributed by atoms with Gasteiger partial charge in [-0.1, -0.05) is 46.7 Å². The van der Waals surface area contributed by atoms with Gasteiger partial charge in [0.1, 0.15) is 6.10 Å². The first-order valence-corrected chi connectivity index (χ1v) is 16.6. The van der Waals surface area contributed by atoms with Crippen LogP contribution in [0.5, 0.6) is 0 Å². The molecule has 3 rings (SSSR count). The van der Waals surface area contributed by atoms with Gasteiger partial charge in [0.05, 0.1) is 48.0 Å². The summed E-state index contributed by atoms with van der Waals surface area (Å²) in [6.45, 7) is 10.6. The van der Waals surface area contributed by atoms with Crippen molar-refractivity contribution >= 4 is 39.6 Å². The van der Waals surface area contributed by atoms with Gasteiger partial charge >= 0.3 is 5.97 Å². The number of amides is 3. The Morgan fingerprint density at radius 1 is 1.07 bits per heavy atom. The number of ether oxygens (including phenoxy) is 4. The largest absolute Gasteiger partial charge is 0.459 e. The van der Waals surface area contributed by atoms with Crippen LogP contribution in [-0.4, -0.2) is 90.9 Å². The standard InChI is InChI=1S/C32H48BrN3O8/c1-20(7-10-28-21(2)14-27(23(4)43-28)36-30(39)11-8-22(3)42-24(5)37)6-9-25-15-32(19-41-32)16-26(44-25)18-35-29(38)12-13-34-31(40)17-33/h6-9,11,21-23,25-28H,10,12-19H2,1-5H3,(H,34,40)(H,35,38)(H,36,39)/b9-6+,11-8-,20-7+/t21-,22-,23+,25+,26-,27+,28-,32+/m0/s1. The first-order valence-electron chi connectivity index (χ1n) is 15.4. The molecule has 3 aliphatic rings. The van der Waals surface area contributed by atoms with Gasteiger partial charge in [-0.25, -0.2) is 0 Å². The van der Waals surface area contributed by atoms with Crippen LogP contribution in [0.4, 0.5) is 0 Å². The van der Waals surface area contributed by atoms with Gasteiger partial charge in [-0.2, -0.15) is 0 Å². The Bertz CT molecular complexity index is 1110. The lowest BCUT2D eigenvalue weighted by molar-refractivity contribution is -0.143. The van der Waals surface area contributed by atoms with Crippen LogP contribution in [0.3, 0.4) is 0 Å². The second-order valence-electron chi connectivity index (χ2n) is 12.1. The fourth-order valence-electron chi connectivity index (χ4n) is 5.56. The molecule has 0 aromatic heterocycles. The molecule has 3 saturated heterocycles. The van der Waals surface area contributed by atoms with E-state index in [0.29, 0.717) is 19.7 Å². The Morgan fingerprint density at radius 2 is 1.82 bits per heavy atom. The van der Waals surface area contributed by atoms with Gasteiger partial charge in [0.25, 0.3) is 0 Å². The maximum atomic E-state index is 12.4. The normalized spacial score (nSPS) is 31.1. The summed E-state index contributed by atoms with van der Waals surface area (Å²) in [6, 6.07) is -0.106. The highest BCUT2D eigenvalue weighted by Crippen LogP contribution is 2.42. The lowest BCUT2D eigenvalue weighted by atomic mass is 9.88. The lowest BCUT2D eigenvalue weighted by Crippen LogP contribution is -2.50. The van der Waals surface area contributed by atoms with E-state index in [1.54, 1.807) is 13.0 Å². The summed E-state index contributed by atoms with van der Waals surface area (Å²) in [5.74, 6) is -0.656. The molecule has 0 aromatic rings. The molecule has 0 unspecified atom stereocenters. The molecule has 3 fully saturated rings. The molecular formula is C32H48BrN3O8. The number of hydrogen-bond acceptors (Lipinski definition) is 8. The van der Waals surface area contributed by atoms with Crippen LogP contribution >= 0.6 is 15.9 Å².